The van der Waals surface area contributed by atoms with Crippen LogP contribution in [-0.4, -0.2) is 32.1 Å². The van der Waals surface area contributed by atoms with Crippen molar-refractivity contribution in [3.63, 3.8) is 0 Å². The van der Waals surface area contributed by atoms with Gasteiger partial charge in [-0.3, -0.25) is 4.79 Å². The van der Waals surface area contributed by atoms with Crippen LogP contribution in [0.15, 0.2) is 15.9 Å². The molecular weight excluding hydrogens is 272 g/mol. The van der Waals surface area contributed by atoms with Crippen molar-refractivity contribution in [1.29, 1.82) is 0 Å². The monoisotopic (exact) mass is 288 g/mol. The van der Waals surface area contributed by atoms with Gasteiger partial charge in [-0.25, -0.2) is 14.2 Å². The molecule has 2 N–H and O–H groups in total. The molecular formula is C13H16N6O2. The summed E-state index contributed by atoms with van der Waals surface area (Å²) >= 11 is 0. The van der Waals surface area contributed by atoms with Gasteiger partial charge < -0.3 is 10.7 Å². The van der Waals surface area contributed by atoms with Gasteiger partial charge in [-0.2, -0.15) is 9.66 Å². The molecule has 3 heterocycles. The Bertz CT molecular complexity index is 829. The highest BCUT2D eigenvalue weighted by atomic mass is 16.2. The first kappa shape index (κ1) is 12.4. The zero-order valence-corrected chi connectivity index (χ0v) is 11.5. The highest BCUT2D eigenvalue weighted by Crippen LogP contribution is 2.39. The number of nitrogens with zero attached hydrogens (tertiary/aromatic N) is 5. The highest BCUT2D eigenvalue weighted by molar-refractivity contribution is 5.52. The molecule has 0 spiro atoms. The molecule has 8 nitrogen and oxygen atoms in total. The van der Waals surface area contributed by atoms with Crippen molar-refractivity contribution in [1.82, 2.24) is 19.0 Å². The van der Waals surface area contributed by atoms with Crippen molar-refractivity contribution in [3.8, 4) is 0 Å². The van der Waals surface area contributed by atoms with Crippen molar-refractivity contribution in [2.45, 2.75) is 31.6 Å². The van der Waals surface area contributed by atoms with Gasteiger partial charge in [-0.15, -0.1) is 0 Å². The third-order valence-electron chi connectivity index (χ3n) is 4.20. The molecule has 0 aromatic carbocycles. The Kier molecular flexibility index (Phi) is 2.54. The van der Waals surface area contributed by atoms with Gasteiger partial charge in [0.25, 0.3) is 5.56 Å². The molecule has 8 heteroatoms. The van der Waals surface area contributed by atoms with Gasteiger partial charge in [-0.1, -0.05) is 0 Å². The van der Waals surface area contributed by atoms with Crippen LogP contribution in [0.25, 0.3) is 5.65 Å². The van der Waals surface area contributed by atoms with Crippen molar-refractivity contribution in [2.24, 2.45) is 0 Å². The lowest BCUT2D eigenvalue weighted by Gasteiger charge is -2.16. The smallest absolute Gasteiger partial charge is 0.341 e. The number of anilines is 1. The number of hydrogen-bond donors (Lipinski definition) is 1. The minimum atomic E-state index is -0.604. The van der Waals surface area contributed by atoms with E-state index in [2.05, 4.69) is 14.9 Å². The summed E-state index contributed by atoms with van der Waals surface area (Å²) in [5, 5.41) is 0. The van der Waals surface area contributed by atoms with Gasteiger partial charge in [0, 0.05) is 13.1 Å². The Morgan fingerprint density at radius 3 is 2.57 bits per heavy atom. The van der Waals surface area contributed by atoms with E-state index in [-0.39, 0.29) is 5.92 Å². The van der Waals surface area contributed by atoms with E-state index in [0.29, 0.717) is 21.8 Å². The molecule has 1 saturated heterocycles. The molecule has 1 saturated carbocycles. The van der Waals surface area contributed by atoms with E-state index in [9.17, 15) is 9.59 Å². The van der Waals surface area contributed by atoms with Crippen molar-refractivity contribution < 1.29 is 0 Å². The Labute approximate surface area is 119 Å². The summed E-state index contributed by atoms with van der Waals surface area (Å²) in [6.07, 6.45) is 5.52. The van der Waals surface area contributed by atoms with E-state index >= 15 is 0 Å². The first-order valence-electron chi connectivity index (χ1n) is 7.21. The average Bonchev–Trinajstić information content (AvgIpc) is 3.17. The number of aromatic nitrogens is 4. The Morgan fingerprint density at radius 1 is 1.19 bits per heavy atom. The topological polar surface area (TPSA) is 98.5 Å². The van der Waals surface area contributed by atoms with E-state index in [1.165, 1.54) is 10.7 Å². The maximum absolute atomic E-state index is 12.3. The second-order valence-electron chi connectivity index (χ2n) is 5.69. The lowest BCUT2D eigenvalue weighted by molar-refractivity contribution is 0.757. The predicted molar refractivity (Wildman–Crippen MR) is 77.1 cm³/mol. The van der Waals surface area contributed by atoms with Gasteiger partial charge in [0.1, 0.15) is 6.33 Å². The molecule has 0 unspecified atom stereocenters. The summed E-state index contributed by atoms with van der Waals surface area (Å²) in [7, 11) is 0. The number of hydrogen-bond acceptors (Lipinski definition) is 6. The normalized spacial score (nSPS) is 18.6. The fourth-order valence-corrected chi connectivity index (χ4v) is 2.90. The molecule has 0 atom stereocenters. The van der Waals surface area contributed by atoms with E-state index in [4.69, 9.17) is 5.84 Å². The third-order valence-corrected chi connectivity index (χ3v) is 4.20. The number of nitrogen functional groups attached to an aromatic ring is 1. The standard InChI is InChI=1S/C13H16N6O2/c14-19-11(20)9(8-3-4-8)10-16-12(17-5-1-2-6-17)15-7-18(10)13(19)21/h7-8H,1-6,14H2. The van der Waals surface area contributed by atoms with Crippen LogP contribution >= 0.6 is 0 Å². The summed E-state index contributed by atoms with van der Waals surface area (Å²) in [4.78, 5) is 35.2. The maximum atomic E-state index is 12.3. The summed E-state index contributed by atoms with van der Waals surface area (Å²) < 4.78 is 1.92. The summed E-state index contributed by atoms with van der Waals surface area (Å²) in [6, 6.07) is 0. The van der Waals surface area contributed by atoms with E-state index in [1.54, 1.807) is 0 Å². The molecule has 0 bridgehead atoms. The van der Waals surface area contributed by atoms with Crippen LogP contribution in [0.5, 0.6) is 0 Å². The second-order valence-corrected chi connectivity index (χ2v) is 5.69. The molecule has 2 aromatic rings. The third kappa shape index (κ3) is 1.82. The van der Waals surface area contributed by atoms with Crippen molar-refractivity contribution >= 4 is 11.6 Å². The highest BCUT2D eigenvalue weighted by Gasteiger charge is 2.31. The molecule has 4 rings (SSSR count). The molecule has 2 aromatic heterocycles. The predicted octanol–water partition coefficient (Wildman–Crippen LogP) is -0.557. The molecule has 2 aliphatic rings. The van der Waals surface area contributed by atoms with Crippen molar-refractivity contribution in [2.75, 3.05) is 23.8 Å². The van der Waals surface area contributed by atoms with Crippen LogP contribution in [0.2, 0.25) is 0 Å². The van der Waals surface area contributed by atoms with Crippen LogP contribution in [0, 0.1) is 0 Å². The summed E-state index contributed by atoms with van der Waals surface area (Å²) in [5.41, 5.74) is -0.0907. The maximum Gasteiger partial charge on any atom is 0.356 e. The van der Waals surface area contributed by atoms with Crippen LogP contribution < -0.4 is 22.0 Å². The quantitative estimate of drug-likeness (QED) is 0.744. The van der Waals surface area contributed by atoms with Gasteiger partial charge in [0.15, 0.2) is 5.65 Å². The van der Waals surface area contributed by atoms with E-state index < -0.39 is 11.2 Å². The molecule has 110 valence electrons. The zero-order chi connectivity index (χ0) is 14.6. The fraction of sp³-hybridized carbons (Fsp3) is 0.538. The van der Waals surface area contributed by atoms with Crippen LogP contribution in [-0.2, 0) is 0 Å². The number of nitrogens with two attached hydrogens (primary N) is 1. The van der Waals surface area contributed by atoms with E-state index in [1.807, 2.05) is 0 Å². The summed E-state index contributed by atoms with van der Waals surface area (Å²) in [5.74, 6) is 6.32. The SMILES string of the molecule is Nn1c(=O)c(C2CC2)c2nc(N3CCCC3)ncn2c1=O. The first-order valence-corrected chi connectivity index (χ1v) is 7.21. The van der Waals surface area contributed by atoms with Crippen LogP contribution in [0.3, 0.4) is 0 Å². The van der Waals surface area contributed by atoms with Crippen LogP contribution in [0.1, 0.15) is 37.2 Å². The zero-order valence-electron chi connectivity index (χ0n) is 11.5. The minimum absolute atomic E-state index is 0.157. The molecule has 1 aliphatic heterocycles. The summed E-state index contributed by atoms with van der Waals surface area (Å²) in [6.45, 7) is 1.82. The number of fused-ring (bicyclic) bond motifs is 1. The molecule has 2 fully saturated rings. The van der Waals surface area contributed by atoms with Gasteiger partial charge >= 0.3 is 5.69 Å². The Morgan fingerprint density at radius 2 is 1.90 bits per heavy atom. The largest absolute Gasteiger partial charge is 0.356 e. The van der Waals surface area contributed by atoms with E-state index in [0.717, 1.165) is 38.8 Å². The average molecular weight is 288 g/mol. The molecule has 21 heavy (non-hydrogen) atoms. The lowest BCUT2D eigenvalue weighted by atomic mass is 10.2. The fourth-order valence-electron chi connectivity index (χ4n) is 2.90. The van der Waals surface area contributed by atoms with Crippen LogP contribution in [0.4, 0.5) is 5.95 Å². The van der Waals surface area contributed by atoms with Gasteiger partial charge in [0.05, 0.1) is 5.56 Å². The second kappa shape index (κ2) is 4.31. The lowest BCUT2D eigenvalue weighted by Crippen LogP contribution is -2.44. The van der Waals surface area contributed by atoms with Gasteiger partial charge in [0.2, 0.25) is 5.95 Å². The molecule has 0 amide bonds. The van der Waals surface area contributed by atoms with Gasteiger partial charge in [-0.05, 0) is 31.6 Å². The minimum Gasteiger partial charge on any atom is -0.341 e. The Hall–Kier alpha value is -2.38. The number of rotatable bonds is 2. The van der Waals surface area contributed by atoms with Crippen molar-refractivity contribution in [3.05, 3.63) is 32.7 Å². The first-order chi connectivity index (χ1) is 10.2. The molecule has 0 radical (unpaired) electrons. The molecule has 1 aliphatic carbocycles. The Balaban J connectivity index is 2.00.